The molecular formula is C17H18FN5O2. The van der Waals surface area contributed by atoms with E-state index in [9.17, 15) is 9.18 Å². The van der Waals surface area contributed by atoms with Crippen LogP contribution in [-0.4, -0.2) is 26.9 Å². The molecule has 2 aromatic heterocycles. The molecule has 0 aliphatic heterocycles. The van der Waals surface area contributed by atoms with Crippen LogP contribution >= 0.6 is 0 Å². The zero-order valence-electron chi connectivity index (χ0n) is 14.3. The van der Waals surface area contributed by atoms with E-state index in [0.717, 1.165) is 5.56 Å². The Hall–Kier alpha value is -3.03. The van der Waals surface area contributed by atoms with Gasteiger partial charge in [0, 0.05) is 6.92 Å². The number of amides is 1. The maximum Gasteiger partial charge on any atom is 0.252 e. The molecule has 3 aromatic rings. The molecule has 1 aromatic carbocycles. The maximum absolute atomic E-state index is 13.9. The summed E-state index contributed by atoms with van der Waals surface area (Å²) < 4.78 is 19.3. The van der Waals surface area contributed by atoms with Crippen molar-refractivity contribution in [2.75, 3.05) is 10.6 Å². The van der Waals surface area contributed by atoms with Crippen molar-refractivity contribution in [1.29, 1.82) is 0 Å². The third-order valence-electron chi connectivity index (χ3n) is 3.61. The minimum absolute atomic E-state index is 0.130. The standard InChI is InChI=1S/C17H18FN5O2/c1-8-5-6-13(12(18)7-8)23-16(24)9(2)19-15-14-17(21-10(3)20-15)25-11(4)22-14/h5-7,9H,1-4H3,(H,23,24)(H,19,20,21). The van der Waals surface area contributed by atoms with Gasteiger partial charge in [0.25, 0.3) is 5.71 Å². The lowest BCUT2D eigenvalue weighted by Crippen LogP contribution is -2.32. The number of carbonyl (C=O) groups is 1. The number of benzene rings is 1. The molecule has 2 N–H and O–H groups in total. The van der Waals surface area contributed by atoms with Gasteiger partial charge < -0.3 is 15.1 Å². The molecule has 130 valence electrons. The van der Waals surface area contributed by atoms with Gasteiger partial charge in [-0.05, 0) is 38.5 Å². The van der Waals surface area contributed by atoms with Crippen LogP contribution < -0.4 is 10.6 Å². The largest absolute Gasteiger partial charge is 0.422 e. The summed E-state index contributed by atoms with van der Waals surface area (Å²) in [4.78, 5) is 25.0. The molecule has 2 heterocycles. The number of rotatable bonds is 4. The lowest BCUT2D eigenvalue weighted by molar-refractivity contribution is -0.116. The highest BCUT2D eigenvalue weighted by Gasteiger charge is 2.19. The van der Waals surface area contributed by atoms with Crippen LogP contribution in [0.5, 0.6) is 0 Å². The van der Waals surface area contributed by atoms with Gasteiger partial charge in [-0.3, -0.25) is 4.79 Å². The molecule has 1 atom stereocenters. The molecule has 0 saturated carbocycles. The zero-order chi connectivity index (χ0) is 18.1. The zero-order valence-corrected chi connectivity index (χ0v) is 14.3. The highest BCUT2D eigenvalue weighted by molar-refractivity contribution is 5.97. The van der Waals surface area contributed by atoms with Crippen molar-refractivity contribution in [3.8, 4) is 0 Å². The first-order chi connectivity index (χ1) is 11.8. The highest BCUT2D eigenvalue weighted by atomic mass is 19.1. The molecule has 0 fully saturated rings. The third kappa shape index (κ3) is 3.57. The summed E-state index contributed by atoms with van der Waals surface area (Å²) in [7, 11) is 0. The predicted octanol–water partition coefficient (Wildman–Crippen LogP) is 3.12. The fourth-order valence-electron chi connectivity index (χ4n) is 2.37. The van der Waals surface area contributed by atoms with E-state index in [4.69, 9.17) is 4.42 Å². The Kier molecular flexibility index (Phi) is 4.35. The molecule has 0 aliphatic carbocycles. The average Bonchev–Trinajstić information content (AvgIpc) is 2.90. The van der Waals surface area contributed by atoms with Crippen LogP contribution in [0.25, 0.3) is 11.2 Å². The first-order valence-corrected chi connectivity index (χ1v) is 7.79. The predicted molar refractivity (Wildman–Crippen MR) is 91.9 cm³/mol. The quantitative estimate of drug-likeness (QED) is 0.756. The summed E-state index contributed by atoms with van der Waals surface area (Å²) in [5.74, 6) is 0.465. The number of aromatic nitrogens is 3. The Morgan fingerprint density at radius 2 is 1.96 bits per heavy atom. The number of anilines is 2. The minimum Gasteiger partial charge on any atom is -0.422 e. The number of aryl methyl sites for hydroxylation is 3. The molecule has 1 unspecified atom stereocenters. The first kappa shape index (κ1) is 16.8. The molecule has 0 radical (unpaired) electrons. The van der Waals surface area contributed by atoms with Gasteiger partial charge >= 0.3 is 0 Å². The molecule has 0 saturated heterocycles. The van der Waals surface area contributed by atoms with E-state index in [1.165, 1.54) is 12.1 Å². The number of carbonyl (C=O) groups excluding carboxylic acids is 1. The Balaban J connectivity index is 1.80. The van der Waals surface area contributed by atoms with Crippen molar-refractivity contribution in [3.63, 3.8) is 0 Å². The minimum atomic E-state index is -0.671. The molecule has 1 amide bonds. The number of oxazole rings is 1. The fourth-order valence-corrected chi connectivity index (χ4v) is 2.37. The van der Waals surface area contributed by atoms with E-state index in [1.807, 2.05) is 0 Å². The Morgan fingerprint density at radius 3 is 2.68 bits per heavy atom. The van der Waals surface area contributed by atoms with E-state index in [0.29, 0.717) is 28.8 Å². The number of nitrogens with one attached hydrogen (secondary N) is 2. The lowest BCUT2D eigenvalue weighted by Gasteiger charge is -2.15. The van der Waals surface area contributed by atoms with Gasteiger partial charge in [0.2, 0.25) is 5.91 Å². The van der Waals surface area contributed by atoms with E-state index >= 15 is 0 Å². The number of fused-ring (bicyclic) bond motifs is 1. The van der Waals surface area contributed by atoms with Gasteiger partial charge in [-0.15, -0.1) is 0 Å². The molecule has 25 heavy (non-hydrogen) atoms. The van der Waals surface area contributed by atoms with Crippen molar-refractivity contribution in [2.45, 2.75) is 33.7 Å². The molecular weight excluding hydrogens is 325 g/mol. The molecule has 0 aliphatic rings. The van der Waals surface area contributed by atoms with Gasteiger partial charge in [0.05, 0.1) is 5.69 Å². The first-order valence-electron chi connectivity index (χ1n) is 7.79. The van der Waals surface area contributed by atoms with Gasteiger partial charge in [-0.2, -0.15) is 4.98 Å². The lowest BCUT2D eigenvalue weighted by atomic mass is 10.2. The van der Waals surface area contributed by atoms with Crippen molar-refractivity contribution in [2.24, 2.45) is 0 Å². The van der Waals surface area contributed by atoms with Gasteiger partial charge in [-0.1, -0.05) is 6.07 Å². The summed E-state index contributed by atoms with van der Waals surface area (Å²) in [6, 6.07) is 3.95. The van der Waals surface area contributed by atoms with Gasteiger partial charge in [-0.25, -0.2) is 14.4 Å². The molecule has 3 rings (SSSR count). The number of nitrogens with zero attached hydrogens (tertiary/aromatic N) is 3. The van der Waals surface area contributed by atoms with Crippen LogP contribution in [0.2, 0.25) is 0 Å². The van der Waals surface area contributed by atoms with E-state index in [1.54, 1.807) is 33.8 Å². The average molecular weight is 343 g/mol. The van der Waals surface area contributed by atoms with Crippen LogP contribution in [0.1, 0.15) is 24.2 Å². The van der Waals surface area contributed by atoms with Crippen molar-refractivity contribution < 1.29 is 13.6 Å². The number of hydrogen-bond acceptors (Lipinski definition) is 6. The summed E-state index contributed by atoms with van der Waals surface area (Å²) >= 11 is 0. The van der Waals surface area contributed by atoms with Crippen molar-refractivity contribution in [1.82, 2.24) is 15.0 Å². The molecule has 7 nitrogen and oxygen atoms in total. The summed E-state index contributed by atoms with van der Waals surface area (Å²) in [5.41, 5.74) is 1.71. The second-order valence-electron chi connectivity index (χ2n) is 5.84. The fraction of sp³-hybridized carbons (Fsp3) is 0.294. The molecule has 0 bridgehead atoms. The van der Waals surface area contributed by atoms with E-state index in [2.05, 4.69) is 25.6 Å². The van der Waals surface area contributed by atoms with Crippen LogP contribution in [0.3, 0.4) is 0 Å². The SMILES string of the molecule is Cc1ccc(NC(=O)C(C)Nc2nc(C)nc3oc(C)nc23)c(F)c1. The monoisotopic (exact) mass is 343 g/mol. The topological polar surface area (TPSA) is 92.9 Å². The van der Waals surface area contributed by atoms with Crippen LogP contribution in [0, 0.1) is 26.6 Å². The second-order valence-corrected chi connectivity index (χ2v) is 5.84. The summed E-state index contributed by atoms with van der Waals surface area (Å²) in [6.45, 7) is 6.85. The van der Waals surface area contributed by atoms with Crippen molar-refractivity contribution >= 4 is 28.6 Å². The van der Waals surface area contributed by atoms with Crippen LogP contribution in [0.15, 0.2) is 22.6 Å². The Bertz CT molecular complexity index is 954. The third-order valence-corrected chi connectivity index (χ3v) is 3.61. The number of hydrogen-bond donors (Lipinski definition) is 2. The van der Waals surface area contributed by atoms with E-state index < -0.39 is 17.8 Å². The summed E-state index contributed by atoms with van der Waals surface area (Å²) in [5, 5.41) is 5.54. The van der Waals surface area contributed by atoms with Gasteiger partial charge in [0.1, 0.15) is 17.7 Å². The van der Waals surface area contributed by atoms with Crippen molar-refractivity contribution in [3.05, 3.63) is 41.3 Å². The number of halogens is 1. The maximum atomic E-state index is 13.9. The Labute approximate surface area is 143 Å². The van der Waals surface area contributed by atoms with Gasteiger partial charge in [0.15, 0.2) is 17.2 Å². The smallest absolute Gasteiger partial charge is 0.252 e. The molecule has 8 heteroatoms. The van der Waals surface area contributed by atoms with Crippen LogP contribution in [0.4, 0.5) is 15.9 Å². The Morgan fingerprint density at radius 1 is 1.20 bits per heavy atom. The highest BCUT2D eigenvalue weighted by Crippen LogP contribution is 2.21. The summed E-state index contributed by atoms with van der Waals surface area (Å²) in [6.07, 6.45) is 0. The van der Waals surface area contributed by atoms with Crippen LogP contribution in [-0.2, 0) is 4.79 Å². The normalized spacial score (nSPS) is 12.2. The molecule has 0 spiro atoms. The van der Waals surface area contributed by atoms with E-state index in [-0.39, 0.29) is 5.69 Å². The second kappa shape index (κ2) is 6.46.